The molecule has 0 saturated carbocycles. The number of halogens is 4. The fourth-order valence-corrected chi connectivity index (χ4v) is 1.17. The van der Waals surface area contributed by atoms with Crippen LogP contribution in [-0.2, 0) is 4.79 Å². The molecule has 0 N–H and O–H groups in total. The first-order chi connectivity index (χ1) is 7.93. The fourth-order valence-electron chi connectivity index (χ4n) is 1.17. The zero-order chi connectivity index (χ0) is 13.0. The van der Waals surface area contributed by atoms with Crippen LogP contribution in [0.25, 0.3) is 0 Å². The molecule has 1 rings (SSSR count). The molecule has 0 aromatic heterocycles. The lowest BCUT2D eigenvalue weighted by Crippen LogP contribution is -2.06. The van der Waals surface area contributed by atoms with Gasteiger partial charge in [-0.2, -0.15) is 8.78 Å². The van der Waals surface area contributed by atoms with Crippen LogP contribution in [0.2, 0.25) is 0 Å². The molecule has 0 unspecified atom stereocenters. The van der Waals surface area contributed by atoms with Crippen LogP contribution in [0, 0.1) is 23.3 Å². The first-order valence-electron chi connectivity index (χ1n) is 4.88. The van der Waals surface area contributed by atoms with E-state index in [-0.39, 0.29) is 31.3 Å². The Bertz CT molecular complexity index is 406. The maximum atomic E-state index is 13.1. The van der Waals surface area contributed by atoms with Crippen molar-refractivity contribution in [3.63, 3.8) is 0 Å². The second-order valence-corrected chi connectivity index (χ2v) is 3.45. The number of ether oxygens (including phenoxy) is 1. The zero-order valence-electron chi connectivity index (χ0n) is 9.03. The predicted molar refractivity (Wildman–Crippen MR) is 51.7 cm³/mol. The summed E-state index contributed by atoms with van der Waals surface area (Å²) in [6.45, 7) is 1.15. The van der Waals surface area contributed by atoms with E-state index in [2.05, 4.69) is 4.74 Å². The summed E-state index contributed by atoms with van der Waals surface area (Å²) in [6, 6.07) is 0.104. The molecule has 0 spiro atoms. The van der Waals surface area contributed by atoms with Crippen LogP contribution in [0.4, 0.5) is 17.6 Å². The summed E-state index contributed by atoms with van der Waals surface area (Å²) in [6.07, 6.45) is 0.382. The van der Waals surface area contributed by atoms with Gasteiger partial charge in [-0.15, -0.1) is 0 Å². The summed E-state index contributed by atoms with van der Waals surface area (Å²) in [7, 11) is 0. The topological polar surface area (TPSA) is 26.3 Å². The lowest BCUT2D eigenvalue weighted by atomic mass is 10.2. The number of Topliss-reactive ketones (excluding diaryl/α,β-unsaturated/α-hetero) is 1. The Morgan fingerprint density at radius 3 is 2.18 bits per heavy atom. The predicted octanol–water partition coefficient (Wildman–Crippen LogP) is 2.99. The van der Waals surface area contributed by atoms with Gasteiger partial charge in [0.05, 0.1) is 6.61 Å². The summed E-state index contributed by atoms with van der Waals surface area (Å²) < 4.78 is 56.2. The summed E-state index contributed by atoms with van der Waals surface area (Å²) >= 11 is 0. The number of carbonyl (C=O) groups is 1. The van der Waals surface area contributed by atoms with Gasteiger partial charge in [0.1, 0.15) is 5.78 Å². The first-order valence-corrected chi connectivity index (χ1v) is 4.88. The fraction of sp³-hybridized carbons (Fsp3) is 0.364. The van der Waals surface area contributed by atoms with Crippen molar-refractivity contribution in [3.05, 3.63) is 29.3 Å². The van der Waals surface area contributed by atoms with Crippen LogP contribution < -0.4 is 4.74 Å². The standard InChI is InChI=1S/C11H10F4O2/c1-6(16)3-2-4-17-11-9(14)7(12)5-8(13)10(11)15/h5H,2-4H2,1H3. The summed E-state index contributed by atoms with van der Waals surface area (Å²) in [5, 5.41) is 0. The van der Waals surface area contributed by atoms with Gasteiger partial charge in [-0.3, -0.25) is 0 Å². The maximum Gasteiger partial charge on any atom is 0.203 e. The Morgan fingerprint density at radius 2 is 1.71 bits per heavy atom. The molecule has 6 heteroatoms. The minimum atomic E-state index is -1.58. The molecule has 0 atom stereocenters. The van der Waals surface area contributed by atoms with Crippen LogP contribution in [0.1, 0.15) is 19.8 Å². The van der Waals surface area contributed by atoms with E-state index < -0.39 is 29.0 Å². The Morgan fingerprint density at radius 1 is 1.18 bits per heavy atom. The van der Waals surface area contributed by atoms with Crippen LogP contribution in [-0.4, -0.2) is 12.4 Å². The molecular formula is C11H10F4O2. The van der Waals surface area contributed by atoms with E-state index in [0.717, 1.165) is 0 Å². The van der Waals surface area contributed by atoms with Gasteiger partial charge in [0.25, 0.3) is 0 Å². The third-order valence-electron chi connectivity index (χ3n) is 1.99. The molecule has 0 bridgehead atoms. The van der Waals surface area contributed by atoms with Crippen LogP contribution in [0.5, 0.6) is 5.75 Å². The monoisotopic (exact) mass is 250 g/mol. The quantitative estimate of drug-likeness (QED) is 0.456. The zero-order valence-corrected chi connectivity index (χ0v) is 9.03. The van der Waals surface area contributed by atoms with Gasteiger partial charge < -0.3 is 9.53 Å². The van der Waals surface area contributed by atoms with Gasteiger partial charge >= 0.3 is 0 Å². The number of ketones is 1. The maximum absolute atomic E-state index is 13.1. The molecule has 94 valence electrons. The Kier molecular flexibility index (Phi) is 4.48. The summed E-state index contributed by atoms with van der Waals surface area (Å²) in [4.78, 5) is 10.6. The normalized spacial score (nSPS) is 10.4. The molecule has 2 nitrogen and oxygen atoms in total. The van der Waals surface area contributed by atoms with E-state index in [9.17, 15) is 22.4 Å². The molecule has 0 aliphatic carbocycles. The second-order valence-electron chi connectivity index (χ2n) is 3.45. The molecule has 0 saturated heterocycles. The summed E-state index contributed by atoms with van der Waals surface area (Å²) in [5.41, 5.74) is 0. The average molecular weight is 250 g/mol. The molecule has 1 aromatic rings. The minimum Gasteiger partial charge on any atom is -0.487 e. The highest BCUT2D eigenvalue weighted by molar-refractivity contribution is 5.75. The Labute approximate surface area is 95.2 Å². The van der Waals surface area contributed by atoms with Crippen LogP contribution in [0.3, 0.4) is 0 Å². The van der Waals surface area contributed by atoms with Crippen molar-refractivity contribution in [3.8, 4) is 5.75 Å². The molecular weight excluding hydrogens is 240 g/mol. The Balaban J connectivity index is 2.73. The first kappa shape index (κ1) is 13.5. The van der Waals surface area contributed by atoms with Crippen molar-refractivity contribution in [1.29, 1.82) is 0 Å². The molecule has 0 fully saturated rings. The van der Waals surface area contributed by atoms with Crippen LogP contribution >= 0.6 is 0 Å². The van der Waals surface area contributed by atoms with Gasteiger partial charge in [-0.1, -0.05) is 0 Å². The van der Waals surface area contributed by atoms with Gasteiger partial charge in [-0.25, -0.2) is 8.78 Å². The van der Waals surface area contributed by atoms with Crippen molar-refractivity contribution in [2.24, 2.45) is 0 Å². The van der Waals surface area contributed by atoms with E-state index in [1.165, 1.54) is 6.92 Å². The molecule has 17 heavy (non-hydrogen) atoms. The number of hydrogen-bond acceptors (Lipinski definition) is 2. The van der Waals surface area contributed by atoms with Crippen LogP contribution in [0.15, 0.2) is 6.07 Å². The van der Waals surface area contributed by atoms with Gasteiger partial charge in [0, 0.05) is 12.5 Å². The summed E-state index contributed by atoms with van der Waals surface area (Å²) in [5.74, 6) is -7.40. The van der Waals surface area contributed by atoms with E-state index in [1.807, 2.05) is 0 Å². The van der Waals surface area contributed by atoms with Crippen molar-refractivity contribution < 1.29 is 27.1 Å². The average Bonchev–Trinajstić information content (AvgIpc) is 2.25. The minimum absolute atomic E-state index is 0.104. The highest BCUT2D eigenvalue weighted by atomic mass is 19.2. The van der Waals surface area contributed by atoms with E-state index >= 15 is 0 Å². The molecule has 1 aromatic carbocycles. The molecule has 0 radical (unpaired) electrons. The van der Waals surface area contributed by atoms with Crippen molar-refractivity contribution in [2.45, 2.75) is 19.8 Å². The van der Waals surface area contributed by atoms with Gasteiger partial charge in [0.15, 0.2) is 17.4 Å². The van der Waals surface area contributed by atoms with Crippen molar-refractivity contribution in [2.75, 3.05) is 6.61 Å². The number of hydrogen-bond donors (Lipinski definition) is 0. The smallest absolute Gasteiger partial charge is 0.203 e. The highest BCUT2D eigenvalue weighted by Gasteiger charge is 2.20. The molecule has 0 aliphatic heterocycles. The highest BCUT2D eigenvalue weighted by Crippen LogP contribution is 2.26. The number of rotatable bonds is 5. The third-order valence-corrected chi connectivity index (χ3v) is 1.99. The second kappa shape index (κ2) is 5.65. The largest absolute Gasteiger partial charge is 0.487 e. The van der Waals surface area contributed by atoms with E-state index in [4.69, 9.17) is 0 Å². The lowest BCUT2D eigenvalue weighted by Gasteiger charge is -2.08. The van der Waals surface area contributed by atoms with Crippen molar-refractivity contribution >= 4 is 5.78 Å². The molecule has 0 aliphatic rings. The number of carbonyl (C=O) groups excluding carboxylic acids is 1. The number of benzene rings is 1. The lowest BCUT2D eigenvalue weighted by molar-refractivity contribution is -0.117. The van der Waals surface area contributed by atoms with Gasteiger partial charge in [-0.05, 0) is 13.3 Å². The third kappa shape index (κ3) is 3.44. The van der Waals surface area contributed by atoms with E-state index in [0.29, 0.717) is 0 Å². The Hall–Kier alpha value is -1.59. The molecule has 0 amide bonds. The van der Waals surface area contributed by atoms with E-state index in [1.54, 1.807) is 0 Å². The molecule has 0 heterocycles. The SMILES string of the molecule is CC(=O)CCCOc1c(F)c(F)cc(F)c1F. The van der Waals surface area contributed by atoms with Gasteiger partial charge in [0.2, 0.25) is 11.6 Å². The van der Waals surface area contributed by atoms with Crippen molar-refractivity contribution in [1.82, 2.24) is 0 Å².